The minimum Gasteiger partial charge on any atom is -0.349 e. The molecule has 4 rings (SSSR count). The van der Waals surface area contributed by atoms with E-state index in [4.69, 9.17) is 0 Å². The van der Waals surface area contributed by atoms with Gasteiger partial charge in [0.2, 0.25) is 5.95 Å². The van der Waals surface area contributed by atoms with Crippen molar-refractivity contribution in [3.05, 3.63) is 53.4 Å². The molecule has 0 bridgehead atoms. The van der Waals surface area contributed by atoms with Crippen LogP contribution in [0, 0.1) is 0 Å². The van der Waals surface area contributed by atoms with Crippen LogP contribution in [0.25, 0.3) is 10.7 Å². The van der Waals surface area contributed by atoms with Gasteiger partial charge in [0.05, 0.1) is 17.3 Å². The normalized spacial score (nSPS) is 16.7. The van der Waals surface area contributed by atoms with Crippen molar-refractivity contribution in [1.82, 2.24) is 20.1 Å². The molecule has 3 heterocycles. The lowest BCUT2D eigenvalue weighted by Crippen LogP contribution is -2.40. The minimum absolute atomic E-state index is 0.0223. The molecule has 7 heteroatoms. The second-order valence-corrected chi connectivity index (χ2v) is 6.65. The quantitative estimate of drug-likeness (QED) is 0.748. The number of thiophene rings is 1. The average Bonchev–Trinajstić information content (AvgIpc) is 3.25. The van der Waals surface area contributed by atoms with Gasteiger partial charge < -0.3 is 10.6 Å². The van der Waals surface area contributed by atoms with Gasteiger partial charge in [0, 0.05) is 13.1 Å². The summed E-state index contributed by atoms with van der Waals surface area (Å²) < 4.78 is 1.38. The molecule has 1 atom stereocenters. The minimum atomic E-state index is -0.0226. The second kappa shape index (κ2) is 6.54. The molecule has 0 saturated heterocycles. The molecule has 1 aliphatic heterocycles. The van der Waals surface area contributed by atoms with Gasteiger partial charge in [-0.05, 0) is 17.0 Å². The number of nitrogens with zero attached hydrogens (tertiary/aromatic N) is 3. The van der Waals surface area contributed by atoms with Crippen molar-refractivity contribution in [2.24, 2.45) is 0 Å². The summed E-state index contributed by atoms with van der Waals surface area (Å²) in [6.45, 7) is 1.47. The van der Waals surface area contributed by atoms with Crippen molar-refractivity contribution in [2.45, 2.75) is 19.0 Å². The van der Waals surface area contributed by atoms with Crippen LogP contribution in [0.1, 0.15) is 16.8 Å². The lowest BCUT2D eigenvalue weighted by molar-refractivity contribution is 0.0872. The third-order valence-corrected chi connectivity index (χ3v) is 4.77. The number of carbonyl (C=O) groups is 1. The van der Waals surface area contributed by atoms with Crippen molar-refractivity contribution >= 4 is 23.2 Å². The molecule has 0 spiro atoms. The highest BCUT2D eigenvalue weighted by Gasteiger charge is 2.27. The predicted molar refractivity (Wildman–Crippen MR) is 94.1 cm³/mol. The first-order valence-corrected chi connectivity index (χ1v) is 8.73. The Morgan fingerprint density at radius 1 is 1.25 bits per heavy atom. The fraction of sp³-hybridized carbons (Fsp3) is 0.235. The molecular formula is C17H17N5OS. The SMILES string of the molecule is O=C1CC(CNCc2ccccc2)Nc2nc(-c3cccs3)nn21. The lowest BCUT2D eigenvalue weighted by Gasteiger charge is -2.23. The van der Waals surface area contributed by atoms with E-state index in [0.29, 0.717) is 24.7 Å². The molecular weight excluding hydrogens is 322 g/mol. The van der Waals surface area contributed by atoms with Crippen LogP contribution in [0.15, 0.2) is 47.8 Å². The molecule has 2 N–H and O–H groups in total. The van der Waals surface area contributed by atoms with Gasteiger partial charge in [-0.3, -0.25) is 4.79 Å². The van der Waals surface area contributed by atoms with Gasteiger partial charge in [0.15, 0.2) is 5.82 Å². The van der Waals surface area contributed by atoms with E-state index in [-0.39, 0.29) is 11.9 Å². The Bertz CT molecular complexity index is 828. The first-order valence-electron chi connectivity index (χ1n) is 7.85. The number of hydrogen-bond donors (Lipinski definition) is 2. The van der Waals surface area contributed by atoms with Crippen molar-refractivity contribution < 1.29 is 4.79 Å². The van der Waals surface area contributed by atoms with Crippen molar-refractivity contribution in [1.29, 1.82) is 0 Å². The maximum atomic E-state index is 12.3. The van der Waals surface area contributed by atoms with E-state index in [0.717, 1.165) is 11.4 Å². The van der Waals surface area contributed by atoms with Crippen LogP contribution < -0.4 is 10.6 Å². The smallest absolute Gasteiger partial charge is 0.252 e. The predicted octanol–water partition coefficient (Wildman–Crippen LogP) is 2.62. The Labute approximate surface area is 143 Å². The zero-order valence-electron chi connectivity index (χ0n) is 13.0. The van der Waals surface area contributed by atoms with Gasteiger partial charge in [0.1, 0.15) is 0 Å². The van der Waals surface area contributed by atoms with Crippen LogP contribution >= 0.6 is 11.3 Å². The highest BCUT2D eigenvalue weighted by molar-refractivity contribution is 7.13. The standard InChI is InChI=1S/C17H17N5OS/c23-15-9-13(11-18-10-12-5-2-1-3-6-12)19-17-20-16(21-22(15)17)14-7-4-8-24-14/h1-8,13,18H,9-11H2,(H,19,20,21). The Hall–Kier alpha value is -2.51. The molecule has 2 aromatic heterocycles. The van der Waals surface area contributed by atoms with Crippen LogP contribution in [0.4, 0.5) is 5.95 Å². The van der Waals surface area contributed by atoms with E-state index in [1.54, 1.807) is 11.3 Å². The molecule has 1 aliphatic rings. The summed E-state index contributed by atoms with van der Waals surface area (Å²) >= 11 is 1.56. The number of aromatic nitrogens is 3. The van der Waals surface area contributed by atoms with Crippen LogP contribution in [0.5, 0.6) is 0 Å². The zero-order valence-corrected chi connectivity index (χ0v) is 13.8. The highest BCUT2D eigenvalue weighted by Crippen LogP contribution is 2.25. The maximum Gasteiger partial charge on any atom is 0.252 e. The fourth-order valence-corrected chi connectivity index (χ4v) is 3.38. The lowest BCUT2D eigenvalue weighted by atomic mass is 10.1. The maximum absolute atomic E-state index is 12.3. The van der Waals surface area contributed by atoms with Gasteiger partial charge in [-0.2, -0.15) is 9.67 Å². The number of anilines is 1. The summed E-state index contributed by atoms with van der Waals surface area (Å²) in [7, 11) is 0. The molecule has 1 unspecified atom stereocenters. The van der Waals surface area contributed by atoms with Crippen LogP contribution in [-0.2, 0) is 6.54 Å². The first kappa shape index (κ1) is 15.0. The zero-order chi connectivity index (χ0) is 16.4. The Morgan fingerprint density at radius 3 is 2.92 bits per heavy atom. The van der Waals surface area contributed by atoms with Crippen molar-refractivity contribution in [2.75, 3.05) is 11.9 Å². The van der Waals surface area contributed by atoms with Gasteiger partial charge in [0.25, 0.3) is 5.91 Å². The Kier molecular flexibility index (Phi) is 4.10. The number of rotatable bonds is 5. The molecule has 0 radical (unpaired) electrons. The van der Waals surface area contributed by atoms with E-state index >= 15 is 0 Å². The summed E-state index contributed by atoms with van der Waals surface area (Å²) in [5.41, 5.74) is 1.22. The van der Waals surface area contributed by atoms with E-state index < -0.39 is 0 Å². The summed E-state index contributed by atoms with van der Waals surface area (Å²) in [4.78, 5) is 17.7. The van der Waals surface area contributed by atoms with E-state index in [9.17, 15) is 4.79 Å². The highest BCUT2D eigenvalue weighted by atomic mass is 32.1. The molecule has 1 aromatic carbocycles. The number of fused-ring (bicyclic) bond motifs is 1. The van der Waals surface area contributed by atoms with Crippen LogP contribution in [0.3, 0.4) is 0 Å². The summed E-state index contributed by atoms with van der Waals surface area (Å²) in [6, 6.07) is 14.1. The Balaban J connectivity index is 1.41. The van der Waals surface area contributed by atoms with Crippen molar-refractivity contribution in [3.8, 4) is 10.7 Å². The number of benzene rings is 1. The molecule has 0 fully saturated rings. The molecule has 0 amide bonds. The average molecular weight is 339 g/mol. The molecule has 122 valence electrons. The van der Waals surface area contributed by atoms with E-state index in [2.05, 4.69) is 32.8 Å². The van der Waals surface area contributed by atoms with E-state index in [1.807, 2.05) is 35.7 Å². The summed E-state index contributed by atoms with van der Waals surface area (Å²) in [6.07, 6.45) is 0.405. The topological polar surface area (TPSA) is 71.8 Å². The number of carbonyl (C=O) groups excluding carboxylic acids is 1. The number of nitrogens with one attached hydrogen (secondary N) is 2. The third-order valence-electron chi connectivity index (χ3n) is 3.90. The van der Waals surface area contributed by atoms with Crippen LogP contribution in [0.2, 0.25) is 0 Å². The van der Waals surface area contributed by atoms with Gasteiger partial charge in [-0.15, -0.1) is 16.4 Å². The summed E-state index contributed by atoms with van der Waals surface area (Å²) in [5.74, 6) is 1.10. The Morgan fingerprint density at radius 2 is 2.12 bits per heavy atom. The molecule has 6 nitrogen and oxygen atoms in total. The fourth-order valence-electron chi connectivity index (χ4n) is 2.73. The third kappa shape index (κ3) is 3.08. The van der Waals surface area contributed by atoms with Gasteiger partial charge >= 0.3 is 0 Å². The van der Waals surface area contributed by atoms with E-state index in [1.165, 1.54) is 10.2 Å². The number of hydrogen-bond acceptors (Lipinski definition) is 6. The molecule has 3 aromatic rings. The molecule has 24 heavy (non-hydrogen) atoms. The monoisotopic (exact) mass is 339 g/mol. The van der Waals surface area contributed by atoms with Gasteiger partial charge in [-0.1, -0.05) is 36.4 Å². The van der Waals surface area contributed by atoms with Crippen molar-refractivity contribution in [3.63, 3.8) is 0 Å². The summed E-state index contributed by atoms with van der Waals surface area (Å²) in [5, 5.41) is 13.0. The molecule has 0 aliphatic carbocycles. The molecule has 0 saturated carbocycles. The largest absolute Gasteiger partial charge is 0.349 e. The van der Waals surface area contributed by atoms with Gasteiger partial charge in [-0.25, -0.2) is 0 Å². The second-order valence-electron chi connectivity index (χ2n) is 5.70. The first-order chi connectivity index (χ1) is 11.8. The van der Waals surface area contributed by atoms with Crippen LogP contribution in [-0.4, -0.2) is 33.3 Å².